The molecule has 2 aliphatic rings. The lowest BCUT2D eigenvalue weighted by atomic mass is 9.66. The van der Waals surface area contributed by atoms with Crippen molar-refractivity contribution in [2.75, 3.05) is 0 Å². The number of benzene rings is 9. The summed E-state index contributed by atoms with van der Waals surface area (Å²) in [5.74, 6) is 3.47. The highest BCUT2D eigenvalue weighted by Gasteiger charge is 2.50. The van der Waals surface area contributed by atoms with Gasteiger partial charge in [-0.2, -0.15) is 0 Å². The Bertz CT molecular complexity index is 3560. The van der Waals surface area contributed by atoms with Crippen LogP contribution in [0.1, 0.15) is 22.3 Å². The largest absolute Gasteiger partial charge is 0.457 e. The van der Waals surface area contributed by atoms with E-state index in [1.54, 1.807) is 0 Å². The molecule has 13 rings (SSSR count). The van der Waals surface area contributed by atoms with Gasteiger partial charge >= 0.3 is 0 Å². The standard InChI is InChI=1S/C58H35N3O2/c1-2-15-37(16-3-1)55-59-56(38-31-29-36(30-32-38)41-22-14-23-45-44-20-8-12-27-51(44)63-54(41)45)61-57(60-55)46-21-5-4-17-40(46)39-33-34-50-53(35-39)62-52-28-13-11-26-49(52)58(50)47-24-9-6-18-42(47)43-19-7-10-25-48(43)58/h1-35H. The molecule has 0 saturated heterocycles. The summed E-state index contributed by atoms with van der Waals surface area (Å²) in [7, 11) is 0. The molecule has 2 aromatic heterocycles. The molecular formula is C58H35N3O2. The molecule has 9 aromatic carbocycles. The molecule has 0 saturated carbocycles. The zero-order chi connectivity index (χ0) is 41.5. The lowest BCUT2D eigenvalue weighted by Crippen LogP contribution is -2.32. The summed E-state index contributed by atoms with van der Waals surface area (Å²) < 4.78 is 13.3. The molecule has 0 bridgehead atoms. The fraction of sp³-hybridized carbons (Fsp3) is 0.0172. The highest BCUT2D eigenvalue weighted by Crippen LogP contribution is 2.62. The average molecular weight is 806 g/mol. The van der Waals surface area contributed by atoms with Gasteiger partial charge in [-0.05, 0) is 57.1 Å². The first-order valence-corrected chi connectivity index (χ1v) is 21.3. The van der Waals surface area contributed by atoms with Crippen molar-refractivity contribution in [3.05, 3.63) is 235 Å². The van der Waals surface area contributed by atoms with Crippen LogP contribution in [0.15, 0.2) is 217 Å². The molecule has 0 N–H and O–H groups in total. The van der Waals surface area contributed by atoms with E-state index in [-0.39, 0.29) is 0 Å². The van der Waals surface area contributed by atoms with Gasteiger partial charge in [-0.3, -0.25) is 0 Å². The number of aromatic nitrogens is 3. The van der Waals surface area contributed by atoms with E-state index in [2.05, 4.69) is 158 Å². The molecule has 0 fully saturated rings. The highest BCUT2D eigenvalue weighted by molar-refractivity contribution is 6.09. The van der Waals surface area contributed by atoms with E-state index in [4.69, 9.17) is 24.1 Å². The van der Waals surface area contributed by atoms with Gasteiger partial charge in [-0.25, -0.2) is 15.0 Å². The molecule has 0 amide bonds. The zero-order valence-corrected chi connectivity index (χ0v) is 33.9. The molecule has 5 heteroatoms. The van der Waals surface area contributed by atoms with Gasteiger partial charge in [0, 0.05) is 44.2 Å². The molecule has 0 radical (unpaired) electrons. The van der Waals surface area contributed by atoms with Crippen LogP contribution in [-0.4, -0.2) is 15.0 Å². The number of rotatable bonds is 5. The Morgan fingerprint density at radius 1 is 0.317 bits per heavy atom. The number of fused-ring (bicyclic) bond motifs is 12. The zero-order valence-electron chi connectivity index (χ0n) is 33.9. The summed E-state index contributed by atoms with van der Waals surface area (Å²) in [6, 6.07) is 74.2. The van der Waals surface area contributed by atoms with E-state index in [0.29, 0.717) is 17.5 Å². The maximum absolute atomic E-state index is 6.89. The second-order valence-corrected chi connectivity index (χ2v) is 16.2. The van der Waals surface area contributed by atoms with Gasteiger partial charge in [0.1, 0.15) is 22.7 Å². The van der Waals surface area contributed by atoms with Crippen LogP contribution in [0.2, 0.25) is 0 Å². The average Bonchev–Trinajstić information content (AvgIpc) is 3.88. The molecule has 5 nitrogen and oxygen atoms in total. The summed E-state index contributed by atoms with van der Waals surface area (Å²) in [5.41, 5.74) is 15.3. The van der Waals surface area contributed by atoms with Crippen LogP contribution in [-0.2, 0) is 5.41 Å². The summed E-state index contributed by atoms with van der Waals surface area (Å²) in [5, 5.41) is 2.21. The maximum Gasteiger partial charge on any atom is 0.164 e. The molecule has 1 spiro atoms. The third-order valence-corrected chi connectivity index (χ3v) is 12.9. The quantitative estimate of drug-likeness (QED) is 0.173. The second-order valence-electron chi connectivity index (χ2n) is 16.2. The fourth-order valence-electron chi connectivity index (χ4n) is 10.1. The molecule has 0 atom stereocenters. The molecule has 63 heavy (non-hydrogen) atoms. The predicted octanol–water partition coefficient (Wildman–Crippen LogP) is 14.6. The van der Waals surface area contributed by atoms with E-state index in [0.717, 1.165) is 83.5 Å². The van der Waals surface area contributed by atoms with Crippen molar-refractivity contribution in [1.29, 1.82) is 0 Å². The molecule has 0 unspecified atom stereocenters. The fourth-order valence-corrected chi connectivity index (χ4v) is 10.1. The number of hydrogen-bond acceptors (Lipinski definition) is 5. The number of nitrogens with zero attached hydrogens (tertiary/aromatic N) is 3. The number of ether oxygens (including phenoxy) is 1. The van der Waals surface area contributed by atoms with Crippen LogP contribution < -0.4 is 4.74 Å². The molecular weight excluding hydrogens is 771 g/mol. The van der Waals surface area contributed by atoms with Crippen molar-refractivity contribution >= 4 is 21.9 Å². The van der Waals surface area contributed by atoms with Crippen LogP contribution in [0, 0.1) is 0 Å². The van der Waals surface area contributed by atoms with Crippen LogP contribution in [0.4, 0.5) is 0 Å². The molecule has 1 aliphatic heterocycles. The van der Waals surface area contributed by atoms with Crippen LogP contribution in [0.5, 0.6) is 11.5 Å². The Balaban J connectivity index is 0.943. The van der Waals surface area contributed by atoms with Crippen molar-refractivity contribution in [3.63, 3.8) is 0 Å². The number of hydrogen-bond donors (Lipinski definition) is 0. The molecule has 1 aliphatic carbocycles. The first-order chi connectivity index (χ1) is 31.2. The lowest BCUT2D eigenvalue weighted by molar-refractivity contribution is 0.436. The van der Waals surface area contributed by atoms with Crippen molar-refractivity contribution in [2.24, 2.45) is 0 Å². The first kappa shape index (κ1) is 35.4. The lowest BCUT2D eigenvalue weighted by Gasteiger charge is -2.39. The Kier molecular flexibility index (Phi) is 7.75. The molecule has 294 valence electrons. The van der Waals surface area contributed by atoms with Crippen molar-refractivity contribution < 1.29 is 9.15 Å². The topological polar surface area (TPSA) is 61.0 Å². The van der Waals surface area contributed by atoms with E-state index in [1.165, 1.54) is 22.3 Å². The predicted molar refractivity (Wildman–Crippen MR) is 252 cm³/mol. The summed E-state index contributed by atoms with van der Waals surface area (Å²) in [6.07, 6.45) is 0. The summed E-state index contributed by atoms with van der Waals surface area (Å²) >= 11 is 0. The van der Waals surface area contributed by atoms with Gasteiger partial charge in [0.2, 0.25) is 0 Å². The van der Waals surface area contributed by atoms with Crippen molar-refractivity contribution in [2.45, 2.75) is 5.41 Å². The smallest absolute Gasteiger partial charge is 0.164 e. The molecule has 3 heterocycles. The summed E-state index contributed by atoms with van der Waals surface area (Å²) in [6.45, 7) is 0. The van der Waals surface area contributed by atoms with E-state index < -0.39 is 5.41 Å². The third-order valence-electron chi connectivity index (χ3n) is 12.9. The Hall–Kier alpha value is -8.41. The van der Waals surface area contributed by atoms with E-state index in [1.807, 2.05) is 54.6 Å². The third kappa shape index (κ3) is 5.33. The highest BCUT2D eigenvalue weighted by atomic mass is 16.5. The number of para-hydroxylation sites is 3. The van der Waals surface area contributed by atoms with Crippen LogP contribution >= 0.6 is 0 Å². The van der Waals surface area contributed by atoms with Gasteiger partial charge < -0.3 is 9.15 Å². The number of furan rings is 1. The SMILES string of the molecule is c1ccc(-c2nc(-c3ccc(-c4cccc5c4oc4ccccc45)cc3)nc(-c3ccccc3-c3ccc4c(c3)Oc3ccccc3C43c4ccccc4-c4ccccc43)n2)cc1. The minimum atomic E-state index is -0.531. The molecule has 11 aromatic rings. The Labute approximate surface area is 363 Å². The van der Waals surface area contributed by atoms with Gasteiger partial charge in [0.15, 0.2) is 17.5 Å². The Morgan fingerprint density at radius 2 is 0.841 bits per heavy atom. The van der Waals surface area contributed by atoms with Gasteiger partial charge in [-0.15, -0.1) is 0 Å². The van der Waals surface area contributed by atoms with Gasteiger partial charge in [0.25, 0.3) is 0 Å². The van der Waals surface area contributed by atoms with Crippen LogP contribution in [0.3, 0.4) is 0 Å². The Morgan fingerprint density at radius 3 is 1.60 bits per heavy atom. The first-order valence-electron chi connectivity index (χ1n) is 21.3. The van der Waals surface area contributed by atoms with Crippen LogP contribution in [0.25, 0.3) is 89.5 Å². The van der Waals surface area contributed by atoms with E-state index >= 15 is 0 Å². The second kappa shape index (κ2) is 13.8. The van der Waals surface area contributed by atoms with Gasteiger partial charge in [-0.1, -0.05) is 194 Å². The summed E-state index contributed by atoms with van der Waals surface area (Å²) in [4.78, 5) is 15.5. The minimum Gasteiger partial charge on any atom is -0.457 e. The maximum atomic E-state index is 6.89. The monoisotopic (exact) mass is 805 g/mol. The van der Waals surface area contributed by atoms with E-state index in [9.17, 15) is 0 Å². The minimum absolute atomic E-state index is 0.531. The van der Waals surface area contributed by atoms with Crippen molar-refractivity contribution in [3.8, 4) is 79.0 Å². The van der Waals surface area contributed by atoms with Gasteiger partial charge in [0.05, 0.1) is 5.41 Å². The van der Waals surface area contributed by atoms with Crippen molar-refractivity contribution in [1.82, 2.24) is 15.0 Å². The normalized spacial score (nSPS) is 13.0.